The number of aromatic nitrogens is 3. The number of aryl methyl sites for hydroxylation is 2. The minimum absolute atomic E-state index is 0.208. The summed E-state index contributed by atoms with van der Waals surface area (Å²) in [5, 5.41) is 4.34. The third-order valence-corrected chi connectivity index (χ3v) is 4.29. The molecule has 0 aliphatic heterocycles. The minimum atomic E-state index is -0.299. The number of nitrogens with one attached hydrogen (secondary N) is 1. The monoisotopic (exact) mass is 333 g/mol. The molecule has 0 radical (unpaired) electrons. The summed E-state index contributed by atoms with van der Waals surface area (Å²) in [4.78, 5) is 15.8. The summed E-state index contributed by atoms with van der Waals surface area (Å²) >= 11 is 0. The Bertz CT molecular complexity index is 1120. The Hall–Kier alpha value is -3.21. The van der Waals surface area contributed by atoms with Gasteiger partial charge in [0.05, 0.1) is 11.4 Å². The summed E-state index contributed by atoms with van der Waals surface area (Å²) in [5.74, 6) is -0.299. The Morgan fingerprint density at radius 3 is 2.28 bits per heavy atom. The van der Waals surface area contributed by atoms with Gasteiger partial charge in [-0.3, -0.25) is 4.79 Å². The van der Waals surface area contributed by atoms with Crippen molar-refractivity contribution in [3.63, 3.8) is 0 Å². The van der Waals surface area contributed by atoms with Crippen LogP contribution in [-0.2, 0) is 0 Å². The Balaban J connectivity index is 1.98. The quantitative estimate of drug-likeness (QED) is 0.600. The second kappa shape index (κ2) is 5.70. The number of hydrogen-bond donors (Lipinski definition) is 1. The molecule has 0 saturated heterocycles. The van der Waals surface area contributed by atoms with Crippen molar-refractivity contribution < 1.29 is 4.39 Å². The number of aromatic amines is 1. The smallest absolute Gasteiger partial charge is 0.274 e. The van der Waals surface area contributed by atoms with Crippen LogP contribution in [0.5, 0.6) is 0 Å². The number of rotatable bonds is 2. The topological polar surface area (TPSA) is 50.2 Å². The van der Waals surface area contributed by atoms with Crippen molar-refractivity contribution in [1.29, 1.82) is 0 Å². The average molecular weight is 333 g/mol. The van der Waals surface area contributed by atoms with Gasteiger partial charge >= 0.3 is 0 Å². The first-order chi connectivity index (χ1) is 12.0. The van der Waals surface area contributed by atoms with E-state index in [4.69, 9.17) is 0 Å². The van der Waals surface area contributed by atoms with Crippen molar-refractivity contribution >= 4 is 5.65 Å². The van der Waals surface area contributed by atoms with Gasteiger partial charge in [0.1, 0.15) is 11.5 Å². The zero-order chi connectivity index (χ0) is 17.6. The van der Waals surface area contributed by atoms with Crippen molar-refractivity contribution in [2.45, 2.75) is 13.8 Å². The highest BCUT2D eigenvalue weighted by Crippen LogP contribution is 2.28. The predicted octanol–water partition coefficient (Wildman–Crippen LogP) is 4.11. The molecule has 1 N–H and O–H groups in total. The molecule has 124 valence electrons. The molecular weight excluding hydrogens is 317 g/mol. The van der Waals surface area contributed by atoms with E-state index in [0.717, 1.165) is 27.9 Å². The minimum Gasteiger partial charge on any atom is -0.339 e. The summed E-state index contributed by atoms with van der Waals surface area (Å²) < 4.78 is 14.6. The van der Waals surface area contributed by atoms with Crippen molar-refractivity contribution in [3.05, 3.63) is 82.0 Å². The van der Waals surface area contributed by atoms with E-state index in [2.05, 4.69) is 10.1 Å². The van der Waals surface area contributed by atoms with Crippen molar-refractivity contribution in [1.82, 2.24) is 14.6 Å². The zero-order valence-corrected chi connectivity index (χ0v) is 13.9. The number of H-pyrrole nitrogens is 1. The first-order valence-corrected chi connectivity index (χ1v) is 7.98. The molecule has 5 heteroatoms. The highest BCUT2D eigenvalue weighted by atomic mass is 19.1. The fourth-order valence-electron chi connectivity index (χ4n) is 3.00. The van der Waals surface area contributed by atoms with E-state index < -0.39 is 0 Å². The van der Waals surface area contributed by atoms with Gasteiger partial charge in [-0.1, -0.05) is 42.0 Å². The third kappa shape index (κ3) is 2.63. The third-order valence-electron chi connectivity index (χ3n) is 4.29. The summed E-state index contributed by atoms with van der Waals surface area (Å²) in [5.41, 5.74) is 5.51. The highest BCUT2D eigenvalue weighted by molar-refractivity contribution is 5.81. The molecule has 0 aliphatic carbocycles. The van der Waals surface area contributed by atoms with Gasteiger partial charge < -0.3 is 4.98 Å². The first-order valence-electron chi connectivity index (χ1n) is 7.98. The molecule has 2 aromatic heterocycles. The molecule has 0 aliphatic rings. The molecule has 0 fully saturated rings. The molecule has 0 bridgehead atoms. The van der Waals surface area contributed by atoms with Gasteiger partial charge in [-0.15, -0.1) is 0 Å². The predicted molar refractivity (Wildman–Crippen MR) is 96.1 cm³/mol. The number of nitrogens with zero attached hydrogens (tertiary/aromatic N) is 2. The van der Waals surface area contributed by atoms with E-state index in [1.165, 1.54) is 16.6 Å². The Labute approximate surface area is 143 Å². The summed E-state index contributed by atoms with van der Waals surface area (Å²) in [6, 6.07) is 15.7. The molecule has 0 saturated carbocycles. The van der Waals surface area contributed by atoms with Crippen LogP contribution in [0.2, 0.25) is 0 Å². The van der Waals surface area contributed by atoms with E-state index in [9.17, 15) is 9.18 Å². The molecular formula is C20H16FN3O. The van der Waals surface area contributed by atoms with Gasteiger partial charge in [-0.05, 0) is 37.1 Å². The molecule has 4 aromatic rings. The largest absolute Gasteiger partial charge is 0.339 e. The molecule has 0 amide bonds. The molecule has 0 unspecified atom stereocenters. The zero-order valence-electron chi connectivity index (χ0n) is 13.9. The fraction of sp³-hybridized carbons (Fsp3) is 0.100. The fourth-order valence-corrected chi connectivity index (χ4v) is 3.00. The maximum atomic E-state index is 13.2. The van der Waals surface area contributed by atoms with E-state index >= 15 is 0 Å². The van der Waals surface area contributed by atoms with E-state index in [0.29, 0.717) is 11.3 Å². The second-order valence-electron chi connectivity index (χ2n) is 6.11. The van der Waals surface area contributed by atoms with Crippen molar-refractivity contribution in [2.75, 3.05) is 0 Å². The molecule has 4 nitrogen and oxygen atoms in total. The molecule has 0 spiro atoms. The van der Waals surface area contributed by atoms with E-state index in [-0.39, 0.29) is 11.4 Å². The lowest BCUT2D eigenvalue weighted by Crippen LogP contribution is -2.14. The molecule has 2 heterocycles. The van der Waals surface area contributed by atoms with Crippen LogP contribution < -0.4 is 5.56 Å². The molecule has 0 atom stereocenters. The van der Waals surface area contributed by atoms with Gasteiger partial charge in [0.25, 0.3) is 5.56 Å². The lowest BCUT2D eigenvalue weighted by Gasteiger charge is -2.05. The van der Waals surface area contributed by atoms with E-state index in [1.807, 2.05) is 38.1 Å². The highest BCUT2D eigenvalue weighted by Gasteiger charge is 2.15. The number of fused-ring (bicyclic) bond motifs is 1. The summed E-state index contributed by atoms with van der Waals surface area (Å²) in [7, 11) is 0. The van der Waals surface area contributed by atoms with Crippen LogP contribution in [0, 0.1) is 19.7 Å². The van der Waals surface area contributed by atoms with Crippen molar-refractivity contribution in [2.24, 2.45) is 0 Å². The lowest BCUT2D eigenvalue weighted by molar-refractivity contribution is 0.628. The van der Waals surface area contributed by atoms with Crippen LogP contribution in [0.1, 0.15) is 11.3 Å². The van der Waals surface area contributed by atoms with Crippen LogP contribution >= 0.6 is 0 Å². The standard InChI is InChI=1S/C20H16FN3O/c1-12-3-5-14(6-4-12)17-11-18(25)24-20(22-17)19(13(2)23-24)15-7-9-16(21)10-8-15/h3-11,22H,1-2H3. The lowest BCUT2D eigenvalue weighted by atomic mass is 10.1. The van der Waals surface area contributed by atoms with Crippen LogP contribution in [0.3, 0.4) is 0 Å². The number of hydrogen-bond acceptors (Lipinski definition) is 2. The maximum absolute atomic E-state index is 13.2. The second-order valence-corrected chi connectivity index (χ2v) is 6.11. The Morgan fingerprint density at radius 1 is 0.960 bits per heavy atom. The Morgan fingerprint density at radius 2 is 1.60 bits per heavy atom. The van der Waals surface area contributed by atoms with Gasteiger partial charge in [-0.25, -0.2) is 4.39 Å². The summed E-state index contributed by atoms with van der Waals surface area (Å²) in [6.45, 7) is 3.85. The van der Waals surface area contributed by atoms with Crippen LogP contribution in [-0.4, -0.2) is 14.6 Å². The number of halogens is 1. The van der Waals surface area contributed by atoms with Gasteiger partial charge in [0.15, 0.2) is 0 Å². The van der Waals surface area contributed by atoms with Gasteiger partial charge in [0.2, 0.25) is 0 Å². The van der Waals surface area contributed by atoms with Crippen LogP contribution in [0.15, 0.2) is 59.4 Å². The van der Waals surface area contributed by atoms with Crippen molar-refractivity contribution in [3.8, 4) is 22.4 Å². The number of benzene rings is 2. The molecule has 2 aromatic carbocycles. The molecule has 4 rings (SSSR count). The van der Waals surface area contributed by atoms with E-state index in [1.54, 1.807) is 18.2 Å². The van der Waals surface area contributed by atoms with Gasteiger partial charge in [0, 0.05) is 11.6 Å². The normalized spacial score (nSPS) is 11.2. The molecule has 25 heavy (non-hydrogen) atoms. The summed E-state index contributed by atoms with van der Waals surface area (Å²) in [6.07, 6.45) is 0. The Kier molecular flexibility index (Phi) is 3.50. The average Bonchev–Trinajstić information content (AvgIpc) is 2.93. The SMILES string of the molecule is Cc1ccc(-c2cc(=O)n3nc(C)c(-c4ccc(F)cc4)c3[nH]2)cc1. The van der Waals surface area contributed by atoms with Crippen LogP contribution in [0.25, 0.3) is 28.0 Å². The van der Waals surface area contributed by atoms with Crippen LogP contribution in [0.4, 0.5) is 4.39 Å². The van der Waals surface area contributed by atoms with Gasteiger partial charge in [-0.2, -0.15) is 9.61 Å². The first kappa shape index (κ1) is 15.3. The maximum Gasteiger partial charge on any atom is 0.274 e.